The average Bonchev–Trinajstić information content (AvgIpc) is 3.11. The molecule has 0 atom stereocenters. The van der Waals surface area contributed by atoms with Gasteiger partial charge in [-0.1, -0.05) is 55.8 Å². The summed E-state index contributed by atoms with van der Waals surface area (Å²) >= 11 is 6.27. The topological polar surface area (TPSA) is 105 Å². The first-order chi connectivity index (χ1) is 18.6. The summed E-state index contributed by atoms with van der Waals surface area (Å²) in [5.41, 5.74) is 2.55. The minimum atomic E-state index is -0.639. The number of hydrogen-bond acceptors (Lipinski definition) is 6. The Morgan fingerprint density at radius 1 is 0.872 bits per heavy atom. The largest absolute Gasteiger partial charge is 0.459 e. The minimum Gasteiger partial charge on any atom is -0.459 e. The fourth-order valence-corrected chi connectivity index (χ4v) is 4.19. The predicted octanol–water partition coefficient (Wildman–Crippen LogP) is 6.06. The first-order valence-corrected chi connectivity index (χ1v) is 12.8. The second kappa shape index (κ2) is 11.5. The molecule has 0 saturated heterocycles. The SMILES string of the molecule is CC(C)OC(=O)c1ccccc1NC(=O)c1cccc(NC2=C(Cl)C(=O)N(c3ccc(C(C)C)cc3)C2=O)c1. The third kappa shape index (κ3) is 6.02. The van der Waals surface area contributed by atoms with Crippen LogP contribution in [-0.4, -0.2) is 29.8 Å². The summed E-state index contributed by atoms with van der Waals surface area (Å²) in [5.74, 6) is -1.97. The Balaban J connectivity index is 1.52. The summed E-state index contributed by atoms with van der Waals surface area (Å²) in [5, 5.41) is 5.37. The van der Waals surface area contributed by atoms with Crippen molar-refractivity contribution in [3.8, 4) is 0 Å². The van der Waals surface area contributed by atoms with Crippen molar-refractivity contribution in [3.63, 3.8) is 0 Å². The lowest BCUT2D eigenvalue weighted by Crippen LogP contribution is -2.32. The summed E-state index contributed by atoms with van der Waals surface area (Å²) in [6.07, 6.45) is -0.314. The molecule has 1 heterocycles. The van der Waals surface area contributed by atoms with E-state index in [1.807, 2.05) is 12.1 Å². The average molecular weight is 546 g/mol. The Hall–Kier alpha value is -4.43. The zero-order valence-electron chi connectivity index (χ0n) is 21.9. The van der Waals surface area contributed by atoms with Gasteiger partial charge in [-0.05, 0) is 67.8 Å². The maximum absolute atomic E-state index is 13.2. The first kappa shape index (κ1) is 27.6. The van der Waals surface area contributed by atoms with E-state index in [0.717, 1.165) is 10.5 Å². The van der Waals surface area contributed by atoms with Crippen LogP contribution in [0.15, 0.2) is 83.5 Å². The van der Waals surface area contributed by atoms with E-state index in [4.69, 9.17) is 16.3 Å². The van der Waals surface area contributed by atoms with Crippen molar-refractivity contribution < 1.29 is 23.9 Å². The van der Waals surface area contributed by atoms with Crippen LogP contribution in [0.5, 0.6) is 0 Å². The molecule has 3 aromatic carbocycles. The highest BCUT2D eigenvalue weighted by Gasteiger charge is 2.39. The number of amides is 3. The Morgan fingerprint density at radius 3 is 2.23 bits per heavy atom. The highest BCUT2D eigenvalue weighted by Crippen LogP contribution is 2.31. The van der Waals surface area contributed by atoms with Crippen LogP contribution in [0.25, 0.3) is 0 Å². The van der Waals surface area contributed by atoms with Crippen LogP contribution in [-0.2, 0) is 14.3 Å². The smallest absolute Gasteiger partial charge is 0.340 e. The van der Waals surface area contributed by atoms with Crippen LogP contribution in [0.3, 0.4) is 0 Å². The molecule has 4 rings (SSSR count). The van der Waals surface area contributed by atoms with Crippen molar-refractivity contribution in [3.05, 3.63) is 100 Å². The van der Waals surface area contributed by atoms with Gasteiger partial charge in [-0.15, -0.1) is 0 Å². The summed E-state index contributed by atoms with van der Waals surface area (Å²) < 4.78 is 5.26. The highest BCUT2D eigenvalue weighted by atomic mass is 35.5. The summed E-state index contributed by atoms with van der Waals surface area (Å²) in [6, 6.07) is 20.0. The van der Waals surface area contributed by atoms with Crippen LogP contribution in [0.2, 0.25) is 0 Å². The Labute approximate surface area is 231 Å². The number of nitrogens with one attached hydrogen (secondary N) is 2. The molecule has 0 spiro atoms. The van der Waals surface area contributed by atoms with Gasteiger partial charge >= 0.3 is 5.97 Å². The number of para-hydroxylation sites is 1. The van der Waals surface area contributed by atoms with Gasteiger partial charge in [0.1, 0.15) is 10.7 Å². The molecule has 3 aromatic rings. The van der Waals surface area contributed by atoms with Crippen LogP contribution >= 0.6 is 11.6 Å². The molecular weight excluding hydrogens is 518 g/mol. The number of anilines is 3. The van der Waals surface area contributed by atoms with Gasteiger partial charge in [0.25, 0.3) is 17.7 Å². The van der Waals surface area contributed by atoms with E-state index >= 15 is 0 Å². The van der Waals surface area contributed by atoms with E-state index in [0.29, 0.717) is 23.0 Å². The molecule has 0 radical (unpaired) electrons. The third-order valence-corrected chi connectivity index (χ3v) is 6.33. The Morgan fingerprint density at radius 2 is 1.56 bits per heavy atom. The number of esters is 1. The lowest BCUT2D eigenvalue weighted by molar-refractivity contribution is -0.120. The molecular formula is C30H28ClN3O5. The summed E-state index contributed by atoms with van der Waals surface area (Å²) in [4.78, 5) is 52.5. The van der Waals surface area contributed by atoms with Gasteiger partial charge in [0.2, 0.25) is 0 Å². The van der Waals surface area contributed by atoms with E-state index in [2.05, 4.69) is 24.5 Å². The number of benzene rings is 3. The van der Waals surface area contributed by atoms with Gasteiger partial charge in [0.05, 0.1) is 23.0 Å². The van der Waals surface area contributed by atoms with E-state index in [1.165, 1.54) is 6.07 Å². The molecule has 0 bridgehead atoms. The molecule has 0 unspecified atom stereocenters. The molecule has 200 valence electrons. The van der Waals surface area contributed by atoms with E-state index in [-0.39, 0.29) is 28.0 Å². The first-order valence-electron chi connectivity index (χ1n) is 12.4. The lowest BCUT2D eigenvalue weighted by Gasteiger charge is -2.16. The van der Waals surface area contributed by atoms with Crippen LogP contribution in [0.4, 0.5) is 17.1 Å². The van der Waals surface area contributed by atoms with E-state index in [9.17, 15) is 19.2 Å². The number of carbonyl (C=O) groups is 4. The van der Waals surface area contributed by atoms with Gasteiger partial charge in [0.15, 0.2) is 0 Å². The minimum absolute atomic E-state index is 0.0889. The van der Waals surface area contributed by atoms with E-state index < -0.39 is 23.7 Å². The number of hydrogen-bond donors (Lipinski definition) is 2. The van der Waals surface area contributed by atoms with Gasteiger partial charge in [-0.25, -0.2) is 9.69 Å². The van der Waals surface area contributed by atoms with Crippen molar-refractivity contribution in [1.82, 2.24) is 0 Å². The summed E-state index contributed by atoms with van der Waals surface area (Å²) in [7, 11) is 0. The molecule has 39 heavy (non-hydrogen) atoms. The zero-order chi connectivity index (χ0) is 28.3. The lowest BCUT2D eigenvalue weighted by atomic mass is 10.0. The summed E-state index contributed by atoms with van der Waals surface area (Å²) in [6.45, 7) is 7.58. The van der Waals surface area contributed by atoms with Crippen molar-refractivity contribution in [2.24, 2.45) is 0 Å². The molecule has 3 amide bonds. The zero-order valence-corrected chi connectivity index (χ0v) is 22.7. The molecule has 0 fully saturated rings. The predicted molar refractivity (Wildman–Crippen MR) is 151 cm³/mol. The number of imide groups is 1. The molecule has 1 aliphatic rings. The molecule has 0 saturated carbocycles. The number of rotatable bonds is 8. The normalized spacial score (nSPS) is 13.4. The van der Waals surface area contributed by atoms with Gasteiger partial charge in [-0.3, -0.25) is 14.4 Å². The Kier molecular flexibility index (Phi) is 8.16. The molecule has 0 aromatic heterocycles. The fraction of sp³-hybridized carbons (Fsp3) is 0.200. The van der Waals surface area contributed by atoms with Crippen molar-refractivity contribution >= 4 is 52.4 Å². The van der Waals surface area contributed by atoms with Crippen molar-refractivity contribution in [2.75, 3.05) is 15.5 Å². The molecule has 2 N–H and O–H groups in total. The standard InChI is InChI=1S/C30H28ClN3O5/c1-17(2)19-12-14-22(15-13-19)34-28(36)25(31)26(29(34)37)32-21-9-7-8-20(16-21)27(35)33-24-11-6-5-10-23(24)30(38)39-18(3)4/h5-18,32H,1-4H3,(H,33,35). The van der Waals surface area contributed by atoms with Crippen LogP contribution in [0.1, 0.15) is 59.9 Å². The number of halogens is 1. The van der Waals surface area contributed by atoms with Gasteiger partial charge in [-0.2, -0.15) is 0 Å². The monoisotopic (exact) mass is 545 g/mol. The van der Waals surface area contributed by atoms with Gasteiger partial charge < -0.3 is 15.4 Å². The highest BCUT2D eigenvalue weighted by molar-refractivity contribution is 6.53. The second-order valence-electron chi connectivity index (χ2n) is 9.54. The van der Waals surface area contributed by atoms with Crippen molar-refractivity contribution in [1.29, 1.82) is 0 Å². The molecule has 0 aliphatic carbocycles. The molecule has 8 nitrogen and oxygen atoms in total. The Bertz CT molecular complexity index is 1480. The maximum Gasteiger partial charge on any atom is 0.340 e. The molecule has 1 aliphatic heterocycles. The van der Waals surface area contributed by atoms with Crippen LogP contribution in [0, 0.1) is 0 Å². The quantitative estimate of drug-likeness (QED) is 0.263. The van der Waals surface area contributed by atoms with E-state index in [1.54, 1.807) is 68.4 Å². The fourth-order valence-electron chi connectivity index (χ4n) is 3.98. The molecule has 9 heteroatoms. The van der Waals surface area contributed by atoms with Gasteiger partial charge in [0, 0.05) is 11.3 Å². The van der Waals surface area contributed by atoms with Crippen molar-refractivity contribution in [2.45, 2.75) is 39.7 Å². The second-order valence-corrected chi connectivity index (χ2v) is 9.92. The number of carbonyl (C=O) groups excluding carboxylic acids is 4. The number of nitrogens with zero attached hydrogens (tertiary/aromatic N) is 1. The van der Waals surface area contributed by atoms with Crippen LogP contribution < -0.4 is 15.5 Å². The maximum atomic E-state index is 13.2. The number of ether oxygens (including phenoxy) is 1. The third-order valence-electron chi connectivity index (χ3n) is 5.98.